The van der Waals surface area contributed by atoms with Gasteiger partial charge in [0.25, 0.3) is 0 Å². The number of nitrogens with one attached hydrogen (secondary N) is 1. The smallest absolute Gasteiger partial charge is 0.246 e. The molecule has 5 heteroatoms. The number of hydrogen-bond acceptors (Lipinski definition) is 4. The van der Waals surface area contributed by atoms with E-state index in [1.807, 2.05) is 48.0 Å². The van der Waals surface area contributed by atoms with Crippen molar-refractivity contribution >= 4 is 34.7 Å². The first-order valence-electron chi connectivity index (χ1n) is 5.44. The van der Waals surface area contributed by atoms with Gasteiger partial charge in [-0.05, 0) is 42.0 Å². The summed E-state index contributed by atoms with van der Waals surface area (Å²) in [7, 11) is 0. The van der Waals surface area contributed by atoms with Gasteiger partial charge in [0, 0.05) is 15.5 Å². The first kappa shape index (κ1) is 13.1. The molecule has 1 amide bonds. The van der Waals surface area contributed by atoms with E-state index in [0.717, 1.165) is 15.5 Å². The van der Waals surface area contributed by atoms with Crippen molar-refractivity contribution in [2.24, 2.45) is 5.73 Å². The molecule has 3 N–H and O–H groups in total. The van der Waals surface area contributed by atoms with Crippen molar-refractivity contribution in [3.63, 3.8) is 0 Å². The van der Waals surface area contributed by atoms with Crippen molar-refractivity contribution in [2.75, 3.05) is 11.6 Å². The van der Waals surface area contributed by atoms with Crippen LogP contribution in [0.3, 0.4) is 0 Å². The fourth-order valence-corrected chi connectivity index (χ4v) is 2.63. The highest BCUT2D eigenvalue weighted by Gasteiger charge is 2.16. The van der Waals surface area contributed by atoms with E-state index in [-0.39, 0.29) is 5.91 Å². The summed E-state index contributed by atoms with van der Waals surface area (Å²) in [5, 5.41) is 4.73. The van der Waals surface area contributed by atoms with E-state index in [1.165, 1.54) is 11.3 Å². The lowest BCUT2D eigenvalue weighted by Crippen LogP contribution is -2.26. The highest BCUT2D eigenvalue weighted by Crippen LogP contribution is 2.20. The number of nitrogens with two attached hydrogens (primary N) is 1. The summed E-state index contributed by atoms with van der Waals surface area (Å²) in [5.74, 6) is -0.186. The largest absolute Gasteiger partial charge is 0.324 e. The van der Waals surface area contributed by atoms with Crippen molar-refractivity contribution in [3.8, 4) is 0 Å². The van der Waals surface area contributed by atoms with E-state index in [4.69, 9.17) is 5.73 Å². The molecular weight excluding hydrogens is 264 g/mol. The quantitative estimate of drug-likeness (QED) is 0.845. The predicted octanol–water partition coefficient (Wildman–Crippen LogP) is 3.11. The molecule has 2 rings (SSSR count). The fraction of sp³-hybridized carbons (Fsp3) is 0.154. The Kier molecular flexibility index (Phi) is 4.41. The summed E-state index contributed by atoms with van der Waals surface area (Å²) in [4.78, 5) is 14.0. The van der Waals surface area contributed by atoms with Gasteiger partial charge >= 0.3 is 0 Å². The number of rotatable bonds is 4. The lowest BCUT2D eigenvalue weighted by molar-refractivity contribution is -0.117. The van der Waals surface area contributed by atoms with Gasteiger partial charge in [0.15, 0.2) is 0 Å². The number of benzene rings is 1. The third-order valence-corrected chi connectivity index (χ3v) is 4.19. The summed E-state index contributed by atoms with van der Waals surface area (Å²) in [6, 6.07) is 10.8. The van der Waals surface area contributed by atoms with Gasteiger partial charge in [-0.3, -0.25) is 4.79 Å². The minimum atomic E-state index is -0.606. The minimum absolute atomic E-state index is 0.186. The highest BCUT2D eigenvalue weighted by molar-refractivity contribution is 7.98. The summed E-state index contributed by atoms with van der Waals surface area (Å²) < 4.78 is 0. The molecule has 1 unspecified atom stereocenters. The molecule has 18 heavy (non-hydrogen) atoms. The second kappa shape index (κ2) is 6.04. The van der Waals surface area contributed by atoms with Crippen LogP contribution in [0.25, 0.3) is 0 Å². The first-order chi connectivity index (χ1) is 8.70. The monoisotopic (exact) mass is 278 g/mol. The van der Waals surface area contributed by atoms with Crippen LogP contribution in [0.5, 0.6) is 0 Å². The molecule has 0 aliphatic rings. The van der Waals surface area contributed by atoms with Gasteiger partial charge in [0.05, 0.1) is 0 Å². The maximum atomic E-state index is 11.9. The number of carbonyl (C=O) groups excluding carboxylic acids is 1. The molecule has 0 saturated carbocycles. The average Bonchev–Trinajstić information content (AvgIpc) is 2.92. The van der Waals surface area contributed by atoms with Gasteiger partial charge < -0.3 is 11.1 Å². The Labute approximate surface area is 114 Å². The maximum absolute atomic E-state index is 11.9. The molecular formula is C13H14N2OS2. The van der Waals surface area contributed by atoms with E-state index in [1.54, 1.807) is 11.8 Å². The van der Waals surface area contributed by atoms with Crippen molar-refractivity contribution in [1.29, 1.82) is 0 Å². The highest BCUT2D eigenvalue weighted by atomic mass is 32.2. The van der Waals surface area contributed by atoms with Crippen LogP contribution >= 0.6 is 23.1 Å². The SMILES string of the molecule is CSc1ccc(NC(=O)C(N)c2cccs2)cc1. The Morgan fingerprint density at radius 1 is 1.33 bits per heavy atom. The zero-order chi connectivity index (χ0) is 13.0. The van der Waals surface area contributed by atoms with Crippen molar-refractivity contribution in [3.05, 3.63) is 46.7 Å². The Hall–Kier alpha value is -1.30. The third kappa shape index (κ3) is 3.13. The fourth-order valence-electron chi connectivity index (χ4n) is 1.49. The van der Waals surface area contributed by atoms with Gasteiger partial charge in [0.2, 0.25) is 5.91 Å². The Bertz CT molecular complexity index is 508. The average molecular weight is 278 g/mol. The maximum Gasteiger partial charge on any atom is 0.246 e. The second-order valence-corrected chi connectivity index (χ2v) is 5.57. The number of thiophene rings is 1. The van der Waals surface area contributed by atoms with E-state index in [9.17, 15) is 4.79 Å². The van der Waals surface area contributed by atoms with Gasteiger partial charge in [-0.25, -0.2) is 0 Å². The molecule has 0 aliphatic heterocycles. The molecule has 1 aromatic heterocycles. The van der Waals surface area contributed by atoms with E-state index < -0.39 is 6.04 Å². The Balaban J connectivity index is 2.02. The van der Waals surface area contributed by atoms with E-state index in [2.05, 4.69) is 5.32 Å². The van der Waals surface area contributed by atoms with Crippen molar-refractivity contribution in [1.82, 2.24) is 0 Å². The number of anilines is 1. The molecule has 94 valence electrons. The zero-order valence-corrected chi connectivity index (χ0v) is 11.6. The summed E-state index contributed by atoms with van der Waals surface area (Å²) >= 11 is 3.15. The zero-order valence-electron chi connectivity index (χ0n) is 9.92. The molecule has 1 atom stereocenters. The van der Waals surface area contributed by atoms with Crippen molar-refractivity contribution < 1.29 is 4.79 Å². The van der Waals surface area contributed by atoms with E-state index in [0.29, 0.717) is 0 Å². The van der Waals surface area contributed by atoms with Crippen molar-refractivity contribution in [2.45, 2.75) is 10.9 Å². The molecule has 3 nitrogen and oxygen atoms in total. The predicted molar refractivity (Wildman–Crippen MR) is 78.1 cm³/mol. The lowest BCUT2D eigenvalue weighted by Gasteiger charge is -2.10. The molecule has 0 bridgehead atoms. The van der Waals surface area contributed by atoms with Crippen LogP contribution in [0, 0.1) is 0 Å². The Morgan fingerprint density at radius 2 is 2.06 bits per heavy atom. The van der Waals surface area contributed by atoms with Crippen LogP contribution in [0.15, 0.2) is 46.7 Å². The summed E-state index contributed by atoms with van der Waals surface area (Å²) in [6.45, 7) is 0. The third-order valence-electron chi connectivity index (χ3n) is 2.49. The van der Waals surface area contributed by atoms with Gasteiger partial charge in [0.1, 0.15) is 6.04 Å². The summed E-state index contributed by atoms with van der Waals surface area (Å²) in [6.07, 6.45) is 2.01. The number of thioether (sulfide) groups is 1. The van der Waals surface area contributed by atoms with Crippen LogP contribution in [0.1, 0.15) is 10.9 Å². The lowest BCUT2D eigenvalue weighted by atomic mass is 10.2. The molecule has 0 spiro atoms. The van der Waals surface area contributed by atoms with Crippen LogP contribution < -0.4 is 11.1 Å². The molecule has 0 aliphatic carbocycles. The van der Waals surface area contributed by atoms with Crippen LogP contribution in [0.4, 0.5) is 5.69 Å². The standard InChI is InChI=1S/C13H14N2OS2/c1-17-10-6-4-9(5-7-10)15-13(16)12(14)11-3-2-8-18-11/h2-8,12H,14H2,1H3,(H,15,16). The van der Waals surface area contributed by atoms with Crippen LogP contribution in [-0.4, -0.2) is 12.2 Å². The van der Waals surface area contributed by atoms with E-state index >= 15 is 0 Å². The van der Waals surface area contributed by atoms with Gasteiger partial charge in [-0.1, -0.05) is 6.07 Å². The number of amides is 1. The second-order valence-electron chi connectivity index (χ2n) is 3.71. The molecule has 1 aromatic carbocycles. The molecule has 0 fully saturated rings. The molecule has 1 heterocycles. The molecule has 0 radical (unpaired) electrons. The van der Waals surface area contributed by atoms with Gasteiger partial charge in [-0.2, -0.15) is 0 Å². The molecule has 0 saturated heterocycles. The normalized spacial score (nSPS) is 12.1. The van der Waals surface area contributed by atoms with Crippen LogP contribution in [-0.2, 0) is 4.79 Å². The number of carbonyl (C=O) groups is 1. The Morgan fingerprint density at radius 3 is 2.61 bits per heavy atom. The molecule has 2 aromatic rings. The minimum Gasteiger partial charge on any atom is -0.324 e. The van der Waals surface area contributed by atoms with Gasteiger partial charge in [-0.15, -0.1) is 23.1 Å². The van der Waals surface area contributed by atoms with Crippen LogP contribution in [0.2, 0.25) is 0 Å². The number of hydrogen-bond donors (Lipinski definition) is 2. The topological polar surface area (TPSA) is 55.1 Å². The first-order valence-corrected chi connectivity index (χ1v) is 7.55. The summed E-state index contributed by atoms with van der Waals surface area (Å²) in [5.41, 5.74) is 6.65.